The molecule has 4 atom stereocenters. The lowest BCUT2D eigenvalue weighted by atomic mass is 10.2. The summed E-state index contributed by atoms with van der Waals surface area (Å²) < 4.78 is 16.0. The Labute approximate surface area is 179 Å². The number of carboxylic acid groups (broad SMARTS) is 4. The number of carbonyl (C=O) groups is 4. The zero-order valence-corrected chi connectivity index (χ0v) is 18.5. The third kappa shape index (κ3) is 11.8. The normalized spacial score (nSPS) is 15.6. The van der Waals surface area contributed by atoms with Crippen molar-refractivity contribution >= 4 is 32.1 Å². The molecule has 0 aliphatic rings. The standard InChI is InChI=1S/C16H30N3O11P/c1-10(15(24)25)18(8-13(20)21)6-4-17(12(3)30-31(28)29)5-7-19(9-14(22)23)11(2)16(26)27/h10-12,31H,4-9H2,1-3H3,(H,20,21)(H,22,23)(H,24,25)(H,26,27)(H,28,29). The first kappa shape index (κ1) is 28.9. The monoisotopic (exact) mass is 471 g/mol. The van der Waals surface area contributed by atoms with E-state index in [2.05, 4.69) is 0 Å². The van der Waals surface area contributed by atoms with Crippen LogP contribution < -0.4 is 0 Å². The molecular formula is C16H30N3O11P. The predicted octanol–water partition coefficient (Wildman–Crippen LogP) is -1.25. The Morgan fingerprint density at radius 1 is 0.742 bits per heavy atom. The van der Waals surface area contributed by atoms with Crippen molar-refractivity contribution in [2.75, 3.05) is 39.3 Å². The summed E-state index contributed by atoms with van der Waals surface area (Å²) in [5, 5.41) is 36.4. The molecule has 0 saturated carbocycles. The SMILES string of the molecule is CC(O[PH](=O)O)N(CCN(CC(=O)O)C(C)C(=O)O)CCN(CC(=O)O)C(C)C(=O)O. The number of nitrogens with zero attached hydrogens (tertiary/aromatic N) is 3. The molecule has 0 bridgehead atoms. The molecule has 15 heteroatoms. The number of carboxylic acids is 4. The summed E-state index contributed by atoms with van der Waals surface area (Å²) in [4.78, 5) is 57.4. The van der Waals surface area contributed by atoms with Gasteiger partial charge in [-0.15, -0.1) is 0 Å². The van der Waals surface area contributed by atoms with Gasteiger partial charge in [-0.25, -0.2) is 0 Å². The van der Waals surface area contributed by atoms with Crippen LogP contribution in [0.2, 0.25) is 0 Å². The van der Waals surface area contributed by atoms with Gasteiger partial charge in [0.25, 0.3) is 0 Å². The summed E-state index contributed by atoms with van der Waals surface area (Å²) in [6.45, 7) is 2.82. The summed E-state index contributed by atoms with van der Waals surface area (Å²) in [5.74, 6) is -4.96. The lowest BCUT2D eigenvalue weighted by Crippen LogP contribution is -2.50. The molecule has 0 radical (unpaired) electrons. The van der Waals surface area contributed by atoms with Gasteiger partial charge in [0.1, 0.15) is 18.3 Å². The summed E-state index contributed by atoms with van der Waals surface area (Å²) in [5.41, 5.74) is 0. The second-order valence-corrected chi connectivity index (χ2v) is 7.54. The molecule has 0 heterocycles. The minimum absolute atomic E-state index is 0.00355. The molecule has 0 saturated heterocycles. The molecule has 4 unspecified atom stereocenters. The van der Waals surface area contributed by atoms with Crippen molar-refractivity contribution in [3.8, 4) is 0 Å². The quantitative estimate of drug-likeness (QED) is 0.124. The zero-order valence-electron chi connectivity index (χ0n) is 17.5. The highest BCUT2D eigenvalue weighted by Crippen LogP contribution is 2.20. The van der Waals surface area contributed by atoms with Crippen LogP contribution in [0.4, 0.5) is 0 Å². The van der Waals surface area contributed by atoms with E-state index in [0.29, 0.717) is 0 Å². The number of aliphatic carboxylic acids is 4. The highest BCUT2D eigenvalue weighted by Gasteiger charge is 2.27. The molecule has 31 heavy (non-hydrogen) atoms. The van der Waals surface area contributed by atoms with E-state index in [1.165, 1.54) is 35.5 Å². The summed E-state index contributed by atoms with van der Waals surface area (Å²) in [6, 6.07) is -2.25. The van der Waals surface area contributed by atoms with Gasteiger partial charge in [-0.2, -0.15) is 0 Å². The molecule has 0 aliphatic carbocycles. The average Bonchev–Trinajstić information content (AvgIpc) is 2.63. The first-order chi connectivity index (χ1) is 14.3. The number of rotatable bonds is 17. The number of hydrogen-bond donors (Lipinski definition) is 5. The van der Waals surface area contributed by atoms with Crippen molar-refractivity contribution < 1.29 is 53.6 Å². The molecule has 14 nitrogen and oxygen atoms in total. The van der Waals surface area contributed by atoms with Gasteiger partial charge >= 0.3 is 32.1 Å². The Bertz CT molecular complexity index is 619. The fraction of sp³-hybridized carbons (Fsp3) is 0.750. The van der Waals surface area contributed by atoms with Crippen molar-refractivity contribution in [2.45, 2.75) is 39.1 Å². The van der Waals surface area contributed by atoms with Crippen molar-refractivity contribution in [2.24, 2.45) is 0 Å². The van der Waals surface area contributed by atoms with Crippen LogP contribution in [0.15, 0.2) is 0 Å². The van der Waals surface area contributed by atoms with E-state index in [4.69, 9.17) is 19.6 Å². The maximum atomic E-state index is 11.2. The molecule has 0 aromatic carbocycles. The third-order valence-electron chi connectivity index (χ3n) is 4.62. The van der Waals surface area contributed by atoms with Gasteiger partial charge in [0, 0.05) is 26.2 Å². The predicted molar refractivity (Wildman–Crippen MR) is 106 cm³/mol. The van der Waals surface area contributed by atoms with Gasteiger partial charge < -0.3 is 25.3 Å². The van der Waals surface area contributed by atoms with Crippen molar-refractivity contribution in [3.63, 3.8) is 0 Å². The van der Waals surface area contributed by atoms with Crippen LogP contribution in [-0.2, 0) is 28.3 Å². The second kappa shape index (κ2) is 14.1. The van der Waals surface area contributed by atoms with E-state index in [0.717, 1.165) is 0 Å². The van der Waals surface area contributed by atoms with Crippen LogP contribution in [0.5, 0.6) is 0 Å². The highest BCUT2D eigenvalue weighted by molar-refractivity contribution is 7.32. The minimum atomic E-state index is -3.35. The molecule has 0 aromatic heterocycles. The molecule has 0 aliphatic heterocycles. The Morgan fingerprint density at radius 3 is 1.32 bits per heavy atom. The molecule has 0 fully saturated rings. The van der Waals surface area contributed by atoms with E-state index in [1.807, 2.05) is 0 Å². The number of hydrogen-bond acceptors (Lipinski definition) is 9. The molecular weight excluding hydrogens is 441 g/mol. The Hall–Kier alpha value is -2.09. The van der Waals surface area contributed by atoms with Gasteiger partial charge in [-0.05, 0) is 20.8 Å². The molecule has 0 aromatic rings. The minimum Gasteiger partial charge on any atom is -0.480 e. The topological polar surface area (TPSA) is 205 Å². The maximum absolute atomic E-state index is 11.2. The van der Waals surface area contributed by atoms with Crippen molar-refractivity contribution in [1.82, 2.24) is 14.7 Å². The van der Waals surface area contributed by atoms with E-state index in [9.17, 15) is 34.0 Å². The van der Waals surface area contributed by atoms with E-state index >= 15 is 0 Å². The zero-order chi connectivity index (χ0) is 24.3. The fourth-order valence-corrected chi connectivity index (χ4v) is 3.13. The van der Waals surface area contributed by atoms with E-state index in [1.54, 1.807) is 0 Å². The van der Waals surface area contributed by atoms with Gasteiger partial charge in [-0.1, -0.05) is 0 Å². The van der Waals surface area contributed by atoms with Crippen LogP contribution >= 0.6 is 8.25 Å². The summed E-state index contributed by atoms with van der Waals surface area (Å²) in [6.07, 6.45) is -0.963. The Kier molecular flexibility index (Phi) is 13.1. The first-order valence-electron chi connectivity index (χ1n) is 9.27. The van der Waals surface area contributed by atoms with Crippen LogP contribution in [0.25, 0.3) is 0 Å². The van der Waals surface area contributed by atoms with Crippen LogP contribution in [0.3, 0.4) is 0 Å². The van der Waals surface area contributed by atoms with E-state index < -0.39 is 63.5 Å². The smallest absolute Gasteiger partial charge is 0.320 e. The summed E-state index contributed by atoms with van der Waals surface area (Å²) in [7, 11) is -3.35. The van der Waals surface area contributed by atoms with Gasteiger partial charge in [0.15, 0.2) is 0 Å². The third-order valence-corrected chi connectivity index (χ3v) is 5.16. The Balaban J connectivity index is 5.42. The second-order valence-electron chi connectivity index (χ2n) is 6.78. The maximum Gasteiger partial charge on any atom is 0.320 e. The van der Waals surface area contributed by atoms with Crippen LogP contribution in [-0.4, -0.2) is 121 Å². The van der Waals surface area contributed by atoms with Gasteiger partial charge in [0.05, 0.1) is 13.1 Å². The van der Waals surface area contributed by atoms with E-state index in [-0.39, 0.29) is 26.2 Å². The fourth-order valence-electron chi connectivity index (χ4n) is 2.69. The van der Waals surface area contributed by atoms with Gasteiger partial charge in [0.2, 0.25) is 0 Å². The molecule has 0 rings (SSSR count). The average molecular weight is 471 g/mol. The molecule has 5 N–H and O–H groups in total. The summed E-state index contributed by atoms with van der Waals surface area (Å²) >= 11 is 0. The molecule has 180 valence electrons. The van der Waals surface area contributed by atoms with Gasteiger partial charge in [-0.3, -0.25) is 43.0 Å². The first-order valence-corrected chi connectivity index (χ1v) is 10.5. The van der Waals surface area contributed by atoms with Crippen LogP contribution in [0, 0.1) is 0 Å². The largest absolute Gasteiger partial charge is 0.480 e. The lowest BCUT2D eigenvalue weighted by Gasteiger charge is -2.34. The van der Waals surface area contributed by atoms with Crippen molar-refractivity contribution in [3.05, 3.63) is 0 Å². The highest BCUT2D eigenvalue weighted by atomic mass is 31.1. The molecule has 0 amide bonds. The van der Waals surface area contributed by atoms with Crippen LogP contribution in [0.1, 0.15) is 20.8 Å². The lowest BCUT2D eigenvalue weighted by molar-refractivity contribution is -0.147. The molecule has 0 spiro atoms. The van der Waals surface area contributed by atoms with Crippen molar-refractivity contribution in [1.29, 1.82) is 0 Å². The Morgan fingerprint density at radius 2 is 1.06 bits per heavy atom.